The summed E-state index contributed by atoms with van der Waals surface area (Å²) < 4.78 is 0. The van der Waals surface area contributed by atoms with E-state index in [9.17, 15) is 4.79 Å². The highest BCUT2D eigenvalue weighted by Gasteiger charge is 2.11. The molecule has 1 heterocycles. The van der Waals surface area contributed by atoms with Crippen molar-refractivity contribution in [1.29, 1.82) is 0 Å². The predicted molar refractivity (Wildman–Crippen MR) is 82.4 cm³/mol. The van der Waals surface area contributed by atoms with Crippen LogP contribution in [0, 0.1) is 11.8 Å². The molecule has 2 aromatic rings. The van der Waals surface area contributed by atoms with Gasteiger partial charge in [0.2, 0.25) is 0 Å². The highest BCUT2D eigenvalue weighted by molar-refractivity contribution is 5.93. The molecule has 21 heavy (non-hydrogen) atoms. The van der Waals surface area contributed by atoms with Gasteiger partial charge in [-0.05, 0) is 29.8 Å². The largest absolute Gasteiger partial charge is 0.337 e. The smallest absolute Gasteiger partial charge is 0.255 e. The Balaban J connectivity index is 2.02. The molecule has 0 aliphatic carbocycles. The summed E-state index contributed by atoms with van der Waals surface area (Å²) in [5.74, 6) is 5.73. The number of aromatic nitrogens is 1. The first-order chi connectivity index (χ1) is 10.2. The fraction of sp³-hybridized carbons (Fsp3) is 0.176. The average molecular weight is 279 g/mol. The number of rotatable bonds is 3. The molecule has 0 saturated carbocycles. The Kier molecular flexibility index (Phi) is 5.08. The lowest BCUT2D eigenvalue weighted by Crippen LogP contribution is -2.26. The van der Waals surface area contributed by atoms with E-state index in [4.69, 9.17) is 5.73 Å². The van der Waals surface area contributed by atoms with Crippen LogP contribution >= 0.6 is 0 Å². The molecule has 4 heteroatoms. The van der Waals surface area contributed by atoms with E-state index >= 15 is 0 Å². The molecule has 0 saturated heterocycles. The minimum atomic E-state index is -0.0462. The molecule has 0 aliphatic rings. The van der Waals surface area contributed by atoms with Crippen LogP contribution in [0.3, 0.4) is 0 Å². The van der Waals surface area contributed by atoms with Crippen molar-refractivity contribution in [3.05, 3.63) is 65.5 Å². The van der Waals surface area contributed by atoms with E-state index in [0.29, 0.717) is 18.7 Å². The van der Waals surface area contributed by atoms with E-state index in [1.807, 2.05) is 24.3 Å². The molecule has 2 N–H and O–H groups in total. The standard InChI is InChI=1S/C17H17N3O/c1-20(17(21)16-5-3-11-19-12-16)13-15-8-6-14(7-9-15)4-2-10-18/h3,5-9,11-12H,10,13,18H2,1H3. The van der Waals surface area contributed by atoms with E-state index < -0.39 is 0 Å². The lowest BCUT2D eigenvalue weighted by molar-refractivity contribution is 0.0784. The quantitative estimate of drug-likeness (QED) is 0.869. The molecule has 0 atom stereocenters. The van der Waals surface area contributed by atoms with Crippen LogP contribution in [0.4, 0.5) is 0 Å². The van der Waals surface area contributed by atoms with E-state index in [1.165, 1.54) is 0 Å². The molecule has 0 aliphatic heterocycles. The van der Waals surface area contributed by atoms with Crippen LogP contribution in [-0.4, -0.2) is 29.4 Å². The van der Waals surface area contributed by atoms with Crippen LogP contribution in [0.1, 0.15) is 21.5 Å². The van der Waals surface area contributed by atoms with Crippen LogP contribution < -0.4 is 5.73 Å². The SMILES string of the molecule is CN(Cc1ccc(C#CCN)cc1)C(=O)c1cccnc1. The first kappa shape index (κ1) is 14.8. The zero-order chi connectivity index (χ0) is 15.1. The number of carbonyl (C=O) groups is 1. The molecule has 0 spiro atoms. The zero-order valence-corrected chi connectivity index (χ0v) is 11.9. The van der Waals surface area contributed by atoms with Crippen molar-refractivity contribution >= 4 is 5.91 Å². The second kappa shape index (κ2) is 7.22. The minimum absolute atomic E-state index is 0.0462. The van der Waals surface area contributed by atoms with Crippen molar-refractivity contribution in [2.75, 3.05) is 13.6 Å². The Morgan fingerprint density at radius 1 is 1.29 bits per heavy atom. The zero-order valence-electron chi connectivity index (χ0n) is 11.9. The summed E-state index contributed by atoms with van der Waals surface area (Å²) in [5, 5.41) is 0. The van der Waals surface area contributed by atoms with Gasteiger partial charge >= 0.3 is 0 Å². The number of nitrogens with two attached hydrogens (primary N) is 1. The minimum Gasteiger partial charge on any atom is -0.337 e. The molecule has 0 unspecified atom stereocenters. The number of nitrogens with zero attached hydrogens (tertiary/aromatic N) is 2. The molecule has 106 valence electrons. The van der Waals surface area contributed by atoms with Crippen LogP contribution in [-0.2, 0) is 6.54 Å². The summed E-state index contributed by atoms with van der Waals surface area (Å²) in [6, 6.07) is 11.3. The summed E-state index contributed by atoms with van der Waals surface area (Å²) in [4.78, 5) is 17.8. The third-order valence-electron chi connectivity index (χ3n) is 2.96. The van der Waals surface area contributed by atoms with Crippen LogP contribution in [0.15, 0.2) is 48.8 Å². The number of carbonyl (C=O) groups excluding carboxylic acids is 1. The third-order valence-corrected chi connectivity index (χ3v) is 2.96. The second-order valence-electron chi connectivity index (χ2n) is 4.61. The van der Waals surface area contributed by atoms with Gasteiger partial charge in [0.15, 0.2) is 0 Å². The Hall–Kier alpha value is -2.64. The Labute approximate surface area is 124 Å². The number of hydrogen-bond acceptors (Lipinski definition) is 3. The third kappa shape index (κ3) is 4.16. The maximum Gasteiger partial charge on any atom is 0.255 e. The number of amides is 1. The highest BCUT2D eigenvalue weighted by atomic mass is 16.2. The Morgan fingerprint density at radius 2 is 2.05 bits per heavy atom. The molecular formula is C17H17N3O. The highest BCUT2D eigenvalue weighted by Crippen LogP contribution is 2.09. The van der Waals surface area contributed by atoms with E-state index in [2.05, 4.69) is 16.8 Å². The van der Waals surface area contributed by atoms with Gasteiger partial charge in [-0.3, -0.25) is 9.78 Å². The maximum atomic E-state index is 12.2. The fourth-order valence-electron chi connectivity index (χ4n) is 1.90. The van der Waals surface area contributed by atoms with Crippen LogP contribution in [0.2, 0.25) is 0 Å². The van der Waals surface area contributed by atoms with Crippen molar-refractivity contribution in [3.63, 3.8) is 0 Å². The molecule has 0 radical (unpaired) electrons. The number of benzene rings is 1. The van der Waals surface area contributed by atoms with Gasteiger partial charge in [-0.15, -0.1) is 0 Å². The summed E-state index contributed by atoms with van der Waals surface area (Å²) in [5.41, 5.74) is 7.90. The van der Waals surface area contributed by atoms with Gasteiger partial charge in [-0.25, -0.2) is 0 Å². The van der Waals surface area contributed by atoms with E-state index in [1.54, 1.807) is 36.5 Å². The lowest BCUT2D eigenvalue weighted by Gasteiger charge is -2.17. The molecule has 1 aromatic carbocycles. The van der Waals surface area contributed by atoms with Gasteiger partial charge in [-0.2, -0.15) is 0 Å². The lowest BCUT2D eigenvalue weighted by atomic mass is 10.1. The Bertz CT molecular complexity index is 654. The predicted octanol–water partition coefficient (Wildman–Crippen LogP) is 1.66. The van der Waals surface area contributed by atoms with Crippen LogP contribution in [0.5, 0.6) is 0 Å². The molecule has 2 rings (SSSR count). The average Bonchev–Trinajstić information content (AvgIpc) is 2.54. The number of pyridine rings is 1. The summed E-state index contributed by atoms with van der Waals surface area (Å²) in [6.07, 6.45) is 3.22. The Morgan fingerprint density at radius 3 is 2.67 bits per heavy atom. The van der Waals surface area contributed by atoms with Gasteiger partial charge in [0.25, 0.3) is 5.91 Å². The molecule has 1 amide bonds. The second-order valence-corrected chi connectivity index (χ2v) is 4.61. The van der Waals surface area contributed by atoms with E-state index in [-0.39, 0.29) is 5.91 Å². The van der Waals surface area contributed by atoms with Crippen molar-refractivity contribution in [2.45, 2.75) is 6.54 Å². The van der Waals surface area contributed by atoms with Gasteiger partial charge in [0.05, 0.1) is 12.1 Å². The number of hydrogen-bond donors (Lipinski definition) is 1. The van der Waals surface area contributed by atoms with Gasteiger partial charge < -0.3 is 10.6 Å². The van der Waals surface area contributed by atoms with Gasteiger partial charge in [0.1, 0.15) is 0 Å². The molecular weight excluding hydrogens is 262 g/mol. The molecule has 0 bridgehead atoms. The molecule has 4 nitrogen and oxygen atoms in total. The monoisotopic (exact) mass is 279 g/mol. The molecule has 1 aromatic heterocycles. The summed E-state index contributed by atoms with van der Waals surface area (Å²) in [6.45, 7) is 0.891. The summed E-state index contributed by atoms with van der Waals surface area (Å²) >= 11 is 0. The van der Waals surface area contributed by atoms with E-state index in [0.717, 1.165) is 11.1 Å². The van der Waals surface area contributed by atoms with Crippen molar-refractivity contribution < 1.29 is 4.79 Å². The van der Waals surface area contributed by atoms with Crippen LogP contribution in [0.25, 0.3) is 0 Å². The topological polar surface area (TPSA) is 59.2 Å². The maximum absolute atomic E-state index is 12.2. The van der Waals surface area contributed by atoms with Crippen molar-refractivity contribution in [3.8, 4) is 11.8 Å². The van der Waals surface area contributed by atoms with Crippen molar-refractivity contribution in [2.24, 2.45) is 5.73 Å². The molecule has 0 fully saturated rings. The summed E-state index contributed by atoms with van der Waals surface area (Å²) in [7, 11) is 1.78. The van der Waals surface area contributed by atoms with Gasteiger partial charge in [0, 0.05) is 31.5 Å². The first-order valence-corrected chi connectivity index (χ1v) is 6.64. The normalized spacial score (nSPS) is 9.62. The van der Waals surface area contributed by atoms with Gasteiger partial charge in [-0.1, -0.05) is 24.0 Å². The fourth-order valence-corrected chi connectivity index (χ4v) is 1.90. The first-order valence-electron chi connectivity index (χ1n) is 6.64. The van der Waals surface area contributed by atoms with Crippen molar-refractivity contribution in [1.82, 2.24) is 9.88 Å².